The van der Waals surface area contributed by atoms with Gasteiger partial charge in [0.25, 0.3) is 11.8 Å². The molecule has 220 valence electrons. The smallest absolute Gasteiger partial charge is 0.271 e. The van der Waals surface area contributed by atoms with Gasteiger partial charge in [0.1, 0.15) is 5.75 Å². The fourth-order valence-electron chi connectivity index (χ4n) is 8.07. The quantitative estimate of drug-likeness (QED) is 0.443. The van der Waals surface area contributed by atoms with Gasteiger partial charge >= 0.3 is 0 Å². The van der Waals surface area contributed by atoms with Gasteiger partial charge in [-0.05, 0) is 86.0 Å². The van der Waals surface area contributed by atoms with E-state index >= 15 is 0 Å². The van der Waals surface area contributed by atoms with Crippen molar-refractivity contribution in [2.75, 3.05) is 37.6 Å². The lowest BCUT2D eigenvalue weighted by Crippen LogP contribution is -2.51. The summed E-state index contributed by atoms with van der Waals surface area (Å²) in [5.41, 5.74) is 2.27. The predicted molar refractivity (Wildman–Crippen MR) is 159 cm³/mol. The SMILES string of the molecule is O=C(NCC12CC3CC(CC(C3)C1)C2)c1ccc(N2CCN(C(=O)c3cncc(C#Cc4cncc(O)c4)c3)CC2)nn1. The van der Waals surface area contributed by atoms with E-state index in [4.69, 9.17) is 0 Å². The molecule has 1 saturated heterocycles. The van der Waals surface area contributed by atoms with Crippen LogP contribution in [0.1, 0.15) is 70.5 Å². The topological polar surface area (TPSA) is 124 Å². The lowest BCUT2D eigenvalue weighted by molar-refractivity contribution is -0.0503. The van der Waals surface area contributed by atoms with E-state index in [1.165, 1.54) is 50.8 Å². The minimum Gasteiger partial charge on any atom is -0.506 e. The number of carbonyl (C=O) groups is 2. The number of pyridine rings is 2. The Labute approximate surface area is 250 Å². The van der Waals surface area contributed by atoms with Crippen molar-refractivity contribution in [3.63, 3.8) is 0 Å². The number of aromatic nitrogens is 4. The molecule has 0 spiro atoms. The summed E-state index contributed by atoms with van der Waals surface area (Å²) in [4.78, 5) is 38.1. The van der Waals surface area contributed by atoms with E-state index in [0.717, 1.165) is 24.3 Å². The monoisotopic (exact) mass is 577 g/mol. The lowest BCUT2D eigenvalue weighted by Gasteiger charge is -2.56. The third kappa shape index (κ3) is 5.89. The molecule has 0 aromatic carbocycles. The first-order chi connectivity index (χ1) is 20.9. The second-order valence-corrected chi connectivity index (χ2v) is 12.8. The van der Waals surface area contributed by atoms with Crippen LogP contribution in [0.25, 0.3) is 0 Å². The number of hydrogen-bond acceptors (Lipinski definition) is 8. The Bertz CT molecular complexity index is 1550. The number of carbonyl (C=O) groups excluding carboxylic acids is 2. The molecule has 3 aromatic rings. The number of anilines is 1. The normalized spacial score (nSPS) is 25.6. The third-order valence-electron chi connectivity index (χ3n) is 9.62. The molecule has 4 saturated carbocycles. The van der Waals surface area contributed by atoms with Crippen molar-refractivity contribution in [1.82, 2.24) is 30.4 Å². The van der Waals surface area contributed by atoms with Crippen LogP contribution in [0.5, 0.6) is 5.75 Å². The molecule has 4 aliphatic carbocycles. The summed E-state index contributed by atoms with van der Waals surface area (Å²) < 4.78 is 0. The van der Waals surface area contributed by atoms with Gasteiger partial charge < -0.3 is 20.2 Å². The average molecular weight is 578 g/mol. The summed E-state index contributed by atoms with van der Waals surface area (Å²) in [6.07, 6.45) is 14.0. The molecule has 8 rings (SSSR count). The zero-order valence-electron chi connectivity index (χ0n) is 24.1. The highest BCUT2D eigenvalue weighted by atomic mass is 16.3. The van der Waals surface area contributed by atoms with Crippen molar-refractivity contribution in [2.24, 2.45) is 23.2 Å². The summed E-state index contributed by atoms with van der Waals surface area (Å²) in [7, 11) is 0. The molecule has 10 heteroatoms. The summed E-state index contributed by atoms with van der Waals surface area (Å²) in [5, 5.41) is 21.4. The molecule has 2 amide bonds. The maximum atomic E-state index is 13.2. The summed E-state index contributed by atoms with van der Waals surface area (Å²) in [6.45, 7) is 3.01. The van der Waals surface area contributed by atoms with Crippen LogP contribution in [0.4, 0.5) is 5.82 Å². The van der Waals surface area contributed by atoms with Crippen LogP contribution in [0.3, 0.4) is 0 Å². The van der Waals surface area contributed by atoms with Gasteiger partial charge in [-0.2, -0.15) is 0 Å². The van der Waals surface area contributed by atoms with Crippen molar-refractivity contribution >= 4 is 17.6 Å². The molecule has 4 bridgehead atoms. The number of nitrogens with zero attached hydrogens (tertiary/aromatic N) is 6. The van der Waals surface area contributed by atoms with Gasteiger partial charge in [-0.15, -0.1) is 10.2 Å². The number of rotatable bonds is 5. The van der Waals surface area contributed by atoms with E-state index in [-0.39, 0.29) is 23.0 Å². The van der Waals surface area contributed by atoms with Crippen LogP contribution in [-0.2, 0) is 0 Å². The lowest BCUT2D eigenvalue weighted by atomic mass is 9.49. The third-order valence-corrected chi connectivity index (χ3v) is 9.62. The Morgan fingerprint density at radius 1 is 0.860 bits per heavy atom. The molecule has 5 fully saturated rings. The Hall–Kier alpha value is -4.52. The Balaban J connectivity index is 0.918. The average Bonchev–Trinajstić information content (AvgIpc) is 3.02. The van der Waals surface area contributed by atoms with Crippen LogP contribution >= 0.6 is 0 Å². The number of piperazine rings is 1. The van der Waals surface area contributed by atoms with E-state index in [0.29, 0.717) is 54.4 Å². The Morgan fingerprint density at radius 2 is 1.51 bits per heavy atom. The highest BCUT2D eigenvalue weighted by Gasteiger charge is 2.50. The van der Waals surface area contributed by atoms with Gasteiger partial charge in [-0.1, -0.05) is 11.8 Å². The zero-order valence-corrected chi connectivity index (χ0v) is 24.1. The molecule has 43 heavy (non-hydrogen) atoms. The van der Waals surface area contributed by atoms with Crippen molar-refractivity contribution in [1.29, 1.82) is 0 Å². The number of amides is 2. The molecule has 0 atom stereocenters. The fraction of sp³-hybridized carbons (Fsp3) is 0.455. The van der Waals surface area contributed by atoms with Crippen molar-refractivity contribution in [3.8, 4) is 17.6 Å². The van der Waals surface area contributed by atoms with E-state index in [9.17, 15) is 14.7 Å². The minimum absolute atomic E-state index is 0.0443. The van der Waals surface area contributed by atoms with Crippen molar-refractivity contribution in [2.45, 2.75) is 38.5 Å². The molecule has 0 unspecified atom stereocenters. The highest BCUT2D eigenvalue weighted by Crippen LogP contribution is 2.59. The van der Waals surface area contributed by atoms with Crippen molar-refractivity contribution < 1.29 is 14.7 Å². The van der Waals surface area contributed by atoms with E-state index in [2.05, 4.69) is 42.2 Å². The molecule has 5 aliphatic rings. The highest BCUT2D eigenvalue weighted by molar-refractivity contribution is 5.94. The van der Waals surface area contributed by atoms with Crippen LogP contribution in [0.2, 0.25) is 0 Å². The van der Waals surface area contributed by atoms with Gasteiger partial charge in [0, 0.05) is 62.4 Å². The minimum atomic E-state index is -0.149. The van der Waals surface area contributed by atoms with Crippen LogP contribution in [-0.4, -0.2) is 74.7 Å². The molecule has 3 aromatic heterocycles. The largest absolute Gasteiger partial charge is 0.506 e. The number of hydrogen-bond donors (Lipinski definition) is 2. The Morgan fingerprint density at radius 3 is 2.14 bits per heavy atom. The summed E-state index contributed by atoms with van der Waals surface area (Å²) in [6, 6.07) is 6.85. The van der Waals surface area contributed by atoms with Gasteiger partial charge in [0.15, 0.2) is 11.5 Å². The molecule has 2 N–H and O–H groups in total. The fourth-order valence-corrected chi connectivity index (χ4v) is 8.07. The predicted octanol–water partition coefficient (Wildman–Crippen LogP) is 3.28. The summed E-state index contributed by atoms with van der Waals surface area (Å²) >= 11 is 0. The van der Waals surface area contributed by atoms with E-state index < -0.39 is 0 Å². The maximum Gasteiger partial charge on any atom is 0.271 e. The Kier molecular flexibility index (Phi) is 7.17. The molecular formula is C33H35N7O3. The second kappa shape index (κ2) is 11.3. The molecule has 0 radical (unpaired) electrons. The van der Waals surface area contributed by atoms with Crippen LogP contribution in [0.15, 0.2) is 49.1 Å². The van der Waals surface area contributed by atoms with Crippen LogP contribution < -0.4 is 10.2 Å². The maximum absolute atomic E-state index is 13.2. The number of nitrogens with one attached hydrogen (secondary N) is 1. The molecular weight excluding hydrogens is 542 g/mol. The van der Waals surface area contributed by atoms with Gasteiger partial charge in [0.05, 0.1) is 11.8 Å². The summed E-state index contributed by atoms with van der Waals surface area (Å²) in [5.74, 6) is 8.97. The molecule has 1 aliphatic heterocycles. The van der Waals surface area contributed by atoms with E-state index in [1.54, 1.807) is 35.6 Å². The first-order valence-electron chi connectivity index (χ1n) is 15.2. The first kappa shape index (κ1) is 27.3. The van der Waals surface area contributed by atoms with Gasteiger partial charge in [0.2, 0.25) is 0 Å². The van der Waals surface area contributed by atoms with Gasteiger partial charge in [-0.3, -0.25) is 19.6 Å². The van der Waals surface area contributed by atoms with Crippen molar-refractivity contribution in [3.05, 3.63) is 71.4 Å². The van der Waals surface area contributed by atoms with Gasteiger partial charge in [-0.25, -0.2) is 0 Å². The number of aromatic hydroxyl groups is 1. The van der Waals surface area contributed by atoms with E-state index in [1.807, 2.05) is 6.07 Å². The second-order valence-electron chi connectivity index (χ2n) is 12.8. The zero-order chi connectivity index (χ0) is 29.4. The van der Waals surface area contributed by atoms with Crippen LogP contribution in [0, 0.1) is 35.0 Å². The standard InChI is InChI=1S/C33H35N7O3/c41-28-13-23(18-35-20-28)2-1-22-12-27(19-34-17-22)32(43)40-7-5-39(6-8-40)30-4-3-29(37-38-30)31(42)36-21-33-14-24-9-25(15-33)11-26(10-24)16-33/h3-4,12-13,17-20,24-26,41H,5-11,14-16,21H2,(H,36,42). The molecule has 4 heterocycles. The first-order valence-corrected chi connectivity index (χ1v) is 15.2. The molecule has 10 nitrogen and oxygen atoms in total.